The molecule has 1 aromatic carbocycles. The van der Waals surface area contributed by atoms with Crippen LogP contribution in [-0.4, -0.2) is 32.4 Å². The van der Waals surface area contributed by atoms with E-state index in [1.54, 1.807) is 11.0 Å². The van der Waals surface area contributed by atoms with E-state index in [1.165, 1.54) is 12.3 Å². The van der Waals surface area contributed by atoms with Crippen molar-refractivity contribution in [1.29, 1.82) is 0 Å². The van der Waals surface area contributed by atoms with Gasteiger partial charge in [-0.3, -0.25) is 4.79 Å². The SMILES string of the molecule is O=C(c1ncccc1O)N1CCc2oc(Cc3ccccc3)nc2C1. The molecule has 1 N–H and O–H groups in total. The minimum atomic E-state index is -0.295. The van der Waals surface area contributed by atoms with E-state index in [0.29, 0.717) is 31.8 Å². The number of amides is 1. The number of fused-ring (bicyclic) bond motifs is 1. The van der Waals surface area contributed by atoms with E-state index >= 15 is 0 Å². The van der Waals surface area contributed by atoms with Gasteiger partial charge in [-0.25, -0.2) is 9.97 Å². The summed E-state index contributed by atoms with van der Waals surface area (Å²) in [6, 6.07) is 13.1. The number of oxazole rings is 1. The van der Waals surface area contributed by atoms with E-state index in [0.717, 1.165) is 17.0 Å². The van der Waals surface area contributed by atoms with Crippen LogP contribution in [0.3, 0.4) is 0 Å². The predicted octanol–water partition coefficient (Wildman–Crippen LogP) is 2.56. The van der Waals surface area contributed by atoms with Crippen LogP contribution in [0.1, 0.15) is 33.4 Å². The van der Waals surface area contributed by atoms with Gasteiger partial charge >= 0.3 is 0 Å². The van der Waals surface area contributed by atoms with Crippen LogP contribution < -0.4 is 0 Å². The Kier molecular flexibility index (Phi) is 3.93. The number of hydrogen-bond acceptors (Lipinski definition) is 5. The average molecular weight is 335 g/mol. The Morgan fingerprint density at radius 3 is 2.84 bits per heavy atom. The Labute approximate surface area is 144 Å². The molecular weight excluding hydrogens is 318 g/mol. The minimum absolute atomic E-state index is 0.0685. The van der Waals surface area contributed by atoms with Gasteiger partial charge in [0.15, 0.2) is 11.6 Å². The van der Waals surface area contributed by atoms with E-state index in [9.17, 15) is 9.90 Å². The number of aromatic hydroxyl groups is 1. The summed E-state index contributed by atoms with van der Waals surface area (Å²) < 4.78 is 5.85. The number of aromatic nitrogens is 2. The van der Waals surface area contributed by atoms with E-state index < -0.39 is 0 Å². The summed E-state index contributed by atoms with van der Waals surface area (Å²) in [4.78, 5) is 22.7. The molecule has 6 nitrogen and oxygen atoms in total. The molecule has 4 rings (SSSR count). The number of nitrogens with zero attached hydrogens (tertiary/aromatic N) is 3. The molecule has 0 saturated carbocycles. The van der Waals surface area contributed by atoms with Crippen molar-refractivity contribution in [1.82, 2.24) is 14.9 Å². The number of rotatable bonds is 3. The van der Waals surface area contributed by atoms with E-state index in [2.05, 4.69) is 9.97 Å². The zero-order valence-corrected chi connectivity index (χ0v) is 13.6. The number of hydrogen-bond donors (Lipinski definition) is 1. The first-order valence-electron chi connectivity index (χ1n) is 8.15. The highest BCUT2D eigenvalue weighted by atomic mass is 16.4. The van der Waals surface area contributed by atoms with Gasteiger partial charge in [-0.05, 0) is 17.7 Å². The quantitative estimate of drug-likeness (QED) is 0.796. The molecule has 3 aromatic rings. The third-order valence-corrected chi connectivity index (χ3v) is 4.25. The van der Waals surface area contributed by atoms with Crippen molar-refractivity contribution in [3.63, 3.8) is 0 Å². The summed E-state index contributed by atoms with van der Waals surface area (Å²) in [5.41, 5.74) is 1.98. The lowest BCUT2D eigenvalue weighted by Gasteiger charge is -2.25. The van der Waals surface area contributed by atoms with Crippen LogP contribution in [0.2, 0.25) is 0 Å². The smallest absolute Gasteiger partial charge is 0.276 e. The first-order chi connectivity index (χ1) is 12.2. The highest BCUT2D eigenvalue weighted by Crippen LogP contribution is 2.24. The molecule has 126 valence electrons. The summed E-state index contributed by atoms with van der Waals surface area (Å²) in [6.07, 6.45) is 2.73. The Bertz CT molecular complexity index is 905. The number of carbonyl (C=O) groups excluding carboxylic acids is 1. The van der Waals surface area contributed by atoms with Crippen molar-refractivity contribution in [2.24, 2.45) is 0 Å². The largest absolute Gasteiger partial charge is 0.505 e. The maximum Gasteiger partial charge on any atom is 0.276 e. The van der Waals surface area contributed by atoms with E-state index in [-0.39, 0.29) is 17.4 Å². The monoisotopic (exact) mass is 335 g/mol. The second-order valence-electron chi connectivity index (χ2n) is 5.99. The zero-order chi connectivity index (χ0) is 17.2. The summed E-state index contributed by atoms with van der Waals surface area (Å²) >= 11 is 0. The van der Waals surface area contributed by atoms with Gasteiger partial charge in [0.1, 0.15) is 17.2 Å². The van der Waals surface area contributed by atoms with Gasteiger partial charge in [0, 0.05) is 25.6 Å². The van der Waals surface area contributed by atoms with Crippen LogP contribution in [0, 0.1) is 0 Å². The van der Waals surface area contributed by atoms with Gasteiger partial charge in [-0.2, -0.15) is 0 Å². The van der Waals surface area contributed by atoms with Crippen molar-refractivity contribution in [2.45, 2.75) is 19.4 Å². The second kappa shape index (κ2) is 6.39. The molecule has 0 bridgehead atoms. The molecule has 1 aliphatic heterocycles. The van der Waals surface area contributed by atoms with Crippen molar-refractivity contribution < 1.29 is 14.3 Å². The number of benzene rings is 1. The molecule has 0 atom stereocenters. The van der Waals surface area contributed by atoms with E-state index in [1.807, 2.05) is 30.3 Å². The summed E-state index contributed by atoms with van der Waals surface area (Å²) in [5, 5.41) is 9.83. The van der Waals surface area contributed by atoms with Gasteiger partial charge in [-0.15, -0.1) is 0 Å². The van der Waals surface area contributed by atoms with Gasteiger partial charge in [0.25, 0.3) is 5.91 Å². The van der Waals surface area contributed by atoms with Crippen LogP contribution >= 0.6 is 0 Å². The maximum atomic E-state index is 12.6. The topological polar surface area (TPSA) is 79.5 Å². The highest BCUT2D eigenvalue weighted by Gasteiger charge is 2.28. The van der Waals surface area contributed by atoms with Gasteiger partial charge in [-0.1, -0.05) is 30.3 Å². The fraction of sp³-hybridized carbons (Fsp3) is 0.211. The lowest BCUT2D eigenvalue weighted by Crippen LogP contribution is -2.36. The van der Waals surface area contributed by atoms with Gasteiger partial charge < -0.3 is 14.4 Å². The van der Waals surface area contributed by atoms with Crippen LogP contribution in [0.4, 0.5) is 0 Å². The Morgan fingerprint density at radius 1 is 1.20 bits per heavy atom. The highest BCUT2D eigenvalue weighted by molar-refractivity contribution is 5.94. The van der Waals surface area contributed by atoms with Crippen molar-refractivity contribution in [3.8, 4) is 5.75 Å². The van der Waals surface area contributed by atoms with Crippen molar-refractivity contribution in [3.05, 3.63) is 77.3 Å². The van der Waals surface area contributed by atoms with Crippen LogP contribution in [0.15, 0.2) is 53.1 Å². The molecule has 0 aliphatic carbocycles. The third kappa shape index (κ3) is 3.10. The predicted molar refractivity (Wildman–Crippen MR) is 90.1 cm³/mol. The first-order valence-corrected chi connectivity index (χ1v) is 8.15. The number of pyridine rings is 1. The molecule has 0 fully saturated rings. The molecule has 6 heteroatoms. The Morgan fingerprint density at radius 2 is 2.04 bits per heavy atom. The minimum Gasteiger partial charge on any atom is -0.505 e. The number of carbonyl (C=O) groups is 1. The molecule has 1 aliphatic rings. The molecule has 2 aromatic heterocycles. The van der Waals surface area contributed by atoms with Crippen molar-refractivity contribution in [2.75, 3.05) is 6.54 Å². The van der Waals surface area contributed by atoms with Crippen molar-refractivity contribution >= 4 is 5.91 Å². The fourth-order valence-corrected chi connectivity index (χ4v) is 2.98. The Hall–Kier alpha value is -3.15. The molecule has 25 heavy (non-hydrogen) atoms. The molecule has 0 unspecified atom stereocenters. The Balaban J connectivity index is 1.52. The van der Waals surface area contributed by atoms with E-state index in [4.69, 9.17) is 4.42 Å². The van der Waals surface area contributed by atoms with Gasteiger partial charge in [0.05, 0.1) is 6.54 Å². The van der Waals surface area contributed by atoms with Crippen LogP contribution in [-0.2, 0) is 19.4 Å². The molecule has 1 amide bonds. The standard InChI is InChI=1S/C19H17N3O3/c23-15-7-4-9-20-18(15)19(24)22-10-8-16-14(12-22)21-17(25-16)11-13-5-2-1-3-6-13/h1-7,9,23H,8,10-12H2. The van der Waals surface area contributed by atoms with Crippen LogP contribution in [0.5, 0.6) is 5.75 Å². The van der Waals surface area contributed by atoms with Crippen LogP contribution in [0.25, 0.3) is 0 Å². The first kappa shape index (κ1) is 15.4. The third-order valence-electron chi connectivity index (χ3n) is 4.25. The molecule has 0 spiro atoms. The molecule has 3 heterocycles. The maximum absolute atomic E-state index is 12.6. The second-order valence-corrected chi connectivity index (χ2v) is 5.99. The summed E-state index contributed by atoms with van der Waals surface area (Å²) in [7, 11) is 0. The van der Waals surface area contributed by atoms with Gasteiger partial charge in [0.2, 0.25) is 0 Å². The fourth-order valence-electron chi connectivity index (χ4n) is 2.98. The normalized spacial score (nSPS) is 13.5. The molecule has 0 radical (unpaired) electrons. The summed E-state index contributed by atoms with van der Waals surface area (Å²) in [6.45, 7) is 0.879. The lowest BCUT2D eigenvalue weighted by atomic mass is 10.1. The summed E-state index contributed by atoms with van der Waals surface area (Å²) in [5.74, 6) is 1.09. The average Bonchev–Trinajstić information content (AvgIpc) is 3.03. The molecule has 0 saturated heterocycles. The molecular formula is C19H17N3O3. The lowest BCUT2D eigenvalue weighted by molar-refractivity contribution is 0.0718. The zero-order valence-electron chi connectivity index (χ0n) is 13.6.